The monoisotopic (exact) mass is 310 g/mol. The molecule has 4 nitrogen and oxygen atoms in total. The zero-order valence-corrected chi connectivity index (χ0v) is 11.5. The van der Waals surface area contributed by atoms with E-state index in [0.717, 1.165) is 31.4 Å². The van der Waals surface area contributed by atoms with Crippen molar-refractivity contribution in [1.82, 2.24) is 0 Å². The predicted octanol–water partition coefficient (Wildman–Crippen LogP) is 2.95. The lowest BCUT2D eigenvalue weighted by Gasteiger charge is -2.19. The van der Waals surface area contributed by atoms with Crippen LogP contribution < -0.4 is 4.74 Å². The molecule has 0 amide bonds. The summed E-state index contributed by atoms with van der Waals surface area (Å²) in [6.07, 6.45) is -5.75. The standard InChI is InChI=1S/C12H13F3O4S/c1-7(16)10-6-9(20(3,17)18)4-5-11(10)19-8(2)12(13,14)15/h4-6,8,16H,1H2,2-3H3. The molecule has 0 aliphatic rings. The van der Waals surface area contributed by atoms with Gasteiger partial charge in [0.05, 0.1) is 10.5 Å². The van der Waals surface area contributed by atoms with Gasteiger partial charge in [-0.3, -0.25) is 0 Å². The molecule has 8 heteroatoms. The molecule has 0 aromatic heterocycles. The van der Waals surface area contributed by atoms with Crippen molar-refractivity contribution < 1.29 is 31.4 Å². The third-order valence-corrected chi connectivity index (χ3v) is 3.57. The molecule has 0 saturated carbocycles. The van der Waals surface area contributed by atoms with Crippen molar-refractivity contribution in [1.29, 1.82) is 0 Å². The molecule has 20 heavy (non-hydrogen) atoms. The van der Waals surface area contributed by atoms with Crippen LogP contribution in [0.5, 0.6) is 5.75 Å². The summed E-state index contributed by atoms with van der Waals surface area (Å²) >= 11 is 0. The second kappa shape index (κ2) is 5.35. The smallest absolute Gasteiger partial charge is 0.425 e. The van der Waals surface area contributed by atoms with E-state index in [0.29, 0.717) is 0 Å². The molecule has 112 valence electrons. The van der Waals surface area contributed by atoms with E-state index < -0.39 is 27.9 Å². The van der Waals surface area contributed by atoms with E-state index in [4.69, 9.17) is 4.74 Å². The highest BCUT2D eigenvalue weighted by molar-refractivity contribution is 7.90. The Kier molecular flexibility index (Phi) is 4.38. The van der Waals surface area contributed by atoms with Gasteiger partial charge in [-0.2, -0.15) is 13.2 Å². The summed E-state index contributed by atoms with van der Waals surface area (Å²) < 4.78 is 64.7. The number of aliphatic hydroxyl groups is 1. The molecule has 1 rings (SSSR count). The molecule has 1 atom stereocenters. The van der Waals surface area contributed by atoms with Gasteiger partial charge in [0.15, 0.2) is 15.9 Å². The van der Waals surface area contributed by atoms with Crippen molar-refractivity contribution in [2.24, 2.45) is 0 Å². The molecule has 1 aromatic carbocycles. The topological polar surface area (TPSA) is 63.6 Å². The van der Waals surface area contributed by atoms with Crippen molar-refractivity contribution in [2.75, 3.05) is 6.26 Å². The summed E-state index contributed by atoms with van der Waals surface area (Å²) in [7, 11) is -3.56. The molecule has 0 bridgehead atoms. The van der Waals surface area contributed by atoms with E-state index in [2.05, 4.69) is 6.58 Å². The van der Waals surface area contributed by atoms with Gasteiger partial charge >= 0.3 is 6.18 Å². The average Bonchev–Trinajstić information content (AvgIpc) is 2.26. The van der Waals surface area contributed by atoms with Crippen molar-refractivity contribution in [2.45, 2.75) is 24.1 Å². The van der Waals surface area contributed by atoms with Gasteiger partial charge < -0.3 is 9.84 Å². The van der Waals surface area contributed by atoms with E-state index >= 15 is 0 Å². The predicted molar refractivity (Wildman–Crippen MR) is 67.4 cm³/mol. The van der Waals surface area contributed by atoms with Crippen LogP contribution in [0.3, 0.4) is 0 Å². The minimum atomic E-state index is -4.58. The molecule has 1 unspecified atom stereocenters. The van der Waals surface area contributed by atoms with Gasteiger partial charge in [0.1, 0.15) is 11.5 Å². The van der Waals surface area contributed by atoms with Crippen LogP contribution in [-0.4, -0.2) is 32.1 Å². The Labute approximate surface area is 114 Å². The average molecular weight is 310 g/mol. The Bertz CT molecular complexity index is 620. The maximum atomic E-state index is 12.4. The second-order valence-corrected chi connectivity index (χ2v) is 6.19. The lowest BCUT2D eigenvalue weighted by atomic mass is 10.1. The molecular weight excluding hydrogens is 297 g/mol. The van der Waals surface area contributed by atoms with Gasteiger partial charge in [0, 0.05) is 6.26 Å². The zero-order valence-electron chi connectivity index (χ0n) is 10.7. The highest BCUT2D eigenvalue weighted by Crippen LogP contribution is 2.31. The number of sulfone groups is 1. The van der Waals surface area contributed by atoms with Crippen molar-refractivity contribution in [3.05, 3.63) is 30.3 Å². The zero-order chi connectivity index (χ0) is 15.7. The number of alkyl halides is 3. The highest BCUT2D eigenvalue weighted by Gasteiger charge is 2.38. The normalized spacial score (nSPS) is 13.8. The number of hydrogen-bond donors (Lipinski definition) is 1. The molecule has 1 N–H and O–H groups in total. The fraction of sp³-hybridized carbons (Fsp3) is 0.333. The first-order valence-electron chi connectivity index (χ1n) is 5.38. The summed E-state index contributed by atoms with van der Waals surface area (Å²) in [5.41, 5.74) is -0.205. The minimum Gasteiger partial charge on any atom is -0.508 e. The molecule has 1 aromatic rings. The summed E-state index contributed by atoms with van der Waals surface area (Å²) in [4.78, 5) is -0.158. The van der Waals surface area contributed by atoms with Crippen LogP contribution in [0, 0.1) is 0 Å². The molecule has 0 fully saturated rings. The molecule has 0 saturated heterocycles. The maximum Gasteiger partial charge on any atom is 0.425 e. The number of ether oxygens (including phenoxy) is 1. The van der Waals surface area contributed by atoms with Crippen LogP contribution in [0.15, 0.2) is 29.7 Å². The van der Waals surface area contributed by atoms with Gasteiger partial charge in [-0.05, 0) is 25.1 Å². The first-order chi connectivity index (χ1) is 8.93. The molecular formula is C12H13F3O4S. The van der Waals surface area contributed by atoms with Crippen LogP contribution >= 0.6 is 0 Å². The third-order valence-electron chi connectivity index (χ3n) is 2.45. The summed E-state index contributed by atoms with van der Waals surface area (Å²) in [5, 5.41) is 9.36. The summed E-state index contributed by atoms with van der Waals surface area (Å²) in [6.45, 7) is 3.98. The minimum absolute atomic E-state index is 0.158. The third kappa shape index (κ3) is 3.89. The largest absolute Gasteiger partial charge is 0.508 e. The Balaban J connectivity index is 3.25. The van der Waals surface area contributed by atoms with Crippen molar-refractivity contribution in [3.8, 4) is 5.75 Å². The van der Waals surface area contributed by atoms with Crippen molar-refractivity contribution in [3.63, 3.8) is 0 Å². The number of halogens is 3. The quantitative estimate of drug-likeness (QED) is 0.869. The van der Waals surface area contributed by atoms with E-state index in [9.17, 15) is 26.7 Å². The highest BCUT2D eigenvalue weighted by atomic mass is 32.2. The fourth-order valence-corrected chi connectivity index (χ4v) is 1.97. The lowest BCUT2D eigenvalue weighted by molar-refractivity contribution is -0.189. The molecule has 0 radical (unpaired) electrons. The van der Waals surface area contributed by atoms with Crippen LogP contribution in [0.1, 0.15) is 12.5 Å². The van der Waals surface area contributed by atoms with E-state index in [1.54, 1.807) is 0 Å². The number of hydrogen-bond acceptors (Lipinski definition) is 4. The first kappa shape index (κ1) is 16.4. The van der Waals surface area contributed by atoms with Gasteiger partial charge in [-0.1, -0.05) is 6.58 Å². The number of aliphatic hydroxyl groups excluding tert-OH is 1. The van der Waals surface area contributed by atoms with Gasteiger partial charge in [-0.25, -0.2) is 8.42 Å². The first-order valence-corrected chi connectivity index (χ1v) is 7.28. The SMILES string of the molecule is C=C(O)c1cc(S(C)(=O)=O)ccc1OC(C)C(F)(F)F. The van der Waals surface area contributed by atoms with Gasteiger partial charge in [0.2, 0.25) is 0 Å². The summed E-state index contributed by atoms with van der Waals surface area (Å²) in [5.74, 6) is -0.880. The summed E-state index contributed by atoms with van der Waals surface area (Å²) in [6, 6.07) is 3.16. The fourth-order valence-electron chi connectivity index (χ4n) is 1.33. The van der Waals surface area contributed by atoms with Gasteiger partial charge in [-0.15, -0.1) is 0 Å². The molecule has 0 aliphatic heterocycles. The van der Waals surface area contributed by atoms with Crippen LogP contribution in [-0.2, 0) is 9.84 Å². The molecule has 0 aliphatic carbocycles. The molecule has 0 spiro atoms. The molecule has 0 heterocycles. The van der Waals surface area contributed by atoms with E-state index in [1.165, 1.54) is 0 Å². The Morgan fingerprint density at radius 3 is 2.35 bits per heavy atom. The number of benzene rings is 1. The number of rotatable bonds is 4. The van der Waals surface area contributed by atoms with Crippen LogP contribution in [0.25, 0.3) is 5.76 Å². The second-order valence-electron chi connectivity index (χ2n) is 4.18. The Morgan fingerprint density at radius 2 is 1.95 bits per heavy atom. The Morgan fingerprint density at radius 1 is 1.40 bits per heavy atom. The van der Waals surface area contributed by atoms with Crippen LogP contribution in [0.4, 0.5) is 13.2 Å². The maximum absolute atomic E-state index is 12.4. The van der Waals surface area contributed by atoms with Crippen LogP contribution in [0.2, 0.25) is 0 Å². The van der Waals surface area contributed by atoms with E-state index in [1.807, 2.05) is 0 Å². The van der Waals surface area contributed by atoms with E-state index in [-0.39, 0.29) is 16.2 Å². The van der Waals surface area contributed by atoms with Crippen molar-refractivity contribution >= 4 is 15.6 Å². The Hall–Kier alpha value is -1.70. The van der Waals surface area contributed by atoms with Gasteiger partial charge in [0.25, 0.3) is 0 Å². The lowest BCUT2D eigenvalue weighted by Crippen LogP contribution is -2.31.